The van der Waals surface area contributed by atoms with E-state index >= 15 is 0 Å². The van der Waals surface area contributed by atoms with Crippen LogP contribution in [0.1, 0.15) is 37.7 Å². The van der Waals surface area contributed by atoms with Crippen molar-refractivity contribution in [2.24, 2.45) is 0 Å². The Morgan fingerprint density at radius 1 is 0.913 bits per heavy atom. The fourth-order valence-corrected chi connectivity index (χ4v) is 4.64. The second kappa shape index (κ2) is 7.33. The summed E-state index contributed by atoms with van der Waals surface area (Å²) >= 11 is 0. The summed E-state index contributed by atoms with van der Waals surface area (Å²) in [5.74, 6) is 0.576. The lowest BCUT2D eigenvalue weighted by Gasteiger charge is -2.27. The lowest BCUT2D eigenvalue weighted by molar-refractivity contribution is 0.142. The van der Waals surface area contributed by atoms with Crippen molar-refractivity contribution in [2.75, 3.05) is 0 Å². The van der Waals surface area contributed by atoms with E-state index in [0.29, 0.717) is 11.1 Å². The van der Waals surface area contributed by atoms with Crippen molar-refractivity contribution in [1.29, 1.82) is 0 Å². The summed E-state index contributed by atoms with van der Waals surface area (Å²) in [7, 11) is -3.38. The van der Waals surface area contributed by atoms with Gasteiger partial charge >= 0.3 is 7.60 Å². The molecule has 2 aromatic rings. The van der Waals surface area contributed by atoms with E-state index in [1.54, 1.807) is 0 Å². The van der Waals surface area contributed by atoms with E-state index in [2.05, 4.69) is 0 Å². The monoisotopic (exact) mass is 330 g/mol. The third kappa shape index (κ3) is 4.25. The molecule has 122 valence electrons. The molecule has 3 rings (SSSR count). The summed E-state index contributed by atoms with van der Waals surface area (Å²) in [6.07, 6.45) is 5.41. The van der Waals surface area contributed by atoms with Crippen LogP contribution in [-0.4, -0.2) is 6.10 Å². The van der Waals surface area contributed by atoms with Crippen LogP contribution < -0.4 is 9.83 Å². The van der Waals surface area contributed by atoms with Gasteiger partial charge in [-0.1, -0.05) is 55.2 Å². The van der Waals surface area contributed by atoms with Gasteiger partial charge in [-0.15, -0.1) is 0 Å². The lowest BCUT2D eigenvalue weighted by Crippen LogP contribution is -2.21. The second-order valence-electron chi connectivity index (χ2n) is 6.10. The Kier molecular flexibility index (Phi) is 5.20. The third-order valence-electron chi connectivity index (χ3n) is 4.16. The predicted octanol–water partition coefficient (Wildman–Crippen LogP) is 5.24. The van der Waals surface area contributed by atoms with Crippen molar-refractivity contribution in [1.82, 2.24) is 0 Å². The fraction of sp³-hybridized carbons (Fsp3) is 0.368. The first-order chi connectivity index (χ1) is 11.2. The molecule has 1 unspecified atom stereocenters. The van der Waals surface area contributed by atoms with E-state index in [-0.39, 0.29) is 6.10 Å². The maximum atomic E-state index is 13.5. The zero-order valence-corrected chi connectivity index (χ0v) is 14.4. The van der Waals surface area contributed by atoms with E-state index in [1.165, 1.54) is 6.42 Å². The normalized spacial score (nSPS) is 18.3. The van der Waals surface area contributed by atoms with Crippen molar-refractivity contribution in [3.63, 3.8) is 0 Å². The standard InChI is InChI=1S/C19H23O3P/c1-16-12-14-19(15-13-16)23(20,21-17-8-4-2-5-9-17)22-18-10-6-3-7-11-18/h2,4-5,8-9,12-15,18H,3,6-7,10-11H2,1H3. The van der Waals surface area contributed by atoms with Crippen LogP contribution >= 0.6 is 7.60 Å². The van der Waals surface area contributed by atoms with Gasteiger partial charge in [0.05, 0.1) is 11.4 Å². The molecule has 0 aliphatic heterocycles. The van der Waals surface area contributed by atoms with Crippen LogP contribution in [0.4, 0.5) is 0 Å². The molecule has 3 nitrogen and oxygen atoms in total. The van der Waals surface area contributed by atoms with Gasteiger partial charge in [0.15, 0.2) is 0 Å². The molecule has 1 atom stereocenters. The van der Waals surface area contributed by atoms with Crippen molar-refractivity contribution in [2.45, 2.75) is 45.1 Å². The van der Waals surface area contributed by atoms with Crippen LogP contribution in [0.2, 0.25) is 0 Å². The van der Waals surface area contributed by atoms with Crippen LogP contribution in [0, 0.1) is 6.92 Å². The smallest absolute Gasteiger partial charge is 0.411 e. The van der Waals surface area contributed by atoms with Crippen molar-refractivity contribution < 1.29 is 13.6 Å². The number of hydrogen-bond donors (Lipinski definition) is 0. The zero-order valence-electron chi connectivity index (χ0n) is 13.5. The van der Waals surface area contributed by atoms with Gasteiger partial charge in [-0.2, -0.15) is 0 Å². The molecule has 1 fully saturated rings. The fourth-order valence-electron chi connectivity index (χ4n) is 2.85. The maximum absolute atomic E-state index is 13.5. The molecular weight excluding hydrogens is 307 g/mol. The Bertz CT molecular complexity index is 661. The van der Waals surface area contributed by atoms with E-state index in [0.717, 1.165) is 31.2 Å². The zero-order chi connectivity index (χ0) is 16.1. The quantitative estimate of drug-likeness (QED) is 0.703. The van der Waals surface area contributed by atoms with E-state index in [9.17, 15) is 4.57 Å². The van der Waals surface area contributed by atoms with E-state index in [1.807, 2.05) is 61.5 Å². The summed E-state index contributed by atoms with van der Waals surface area (Å²) < 4.78 is 25.4. The number of para-hydroxylation sites is 1. The van der Waals surface area contributed by atoms with Crippen LogP contribution in [0.5, 0.6) is 5.75 Å². The molecule has 4 heteroatoms. The Labute approximate surface area is 138 Å². The van der Waals surface area contributed by atoms with Gasteiger partial charge in [-0.3, -0.25) is 4.52 Å². The highest BCUT2D eigenvalue weighted by atomic mass is 31.2. The molecular formula is C19H23O3P. The molecule has 0 heterocycles. The van der Waals surface area contributed by atoms with Gasteiger partial charge in [0.2, 0.25) is 0 Å². The molecule has 1 saturated carbocycles. The molecule has 1 aliphatic carbocycles. The van der Waals surface area contributed by atoms with E-state index in [4.69, 9.17) is 9.05 Å². The molecule has 0 bridgehead atoms. The minimum Gasteiger partial charge on any atom is -0.421 e. The minimum atomic E-state index is -3.38. The Morgan fingerprint density at radius 3 is 2.22 bits per heavy atom. The number of aryl methyl sites for hydroxylation is 1. The summed E-state index contributed by atoms with van der Waals surface area (Å²) in [5, 5.41) is 0.623. The first-order valence-electron chi connectivity index (χ1n) is 8.26. The minimum absolute atomic E-state index is 0.0135. The van der Waals surface area contributed by atoms with Crippen molar-refractivity contribution >= 4 is 12.9 Å². The van der Waals surface area contributed by atoms with Gasteiger partial charge in [-0.05, 0) is 44.0 Å². The van der Waals surface area contributed by atoms with Crippen molar-refractivity contribution in [3.8, 4) is 5.75 Å². The van der Waals surface area contributed by atoms with Crippen LogP contribution in [0.3, 0.4) is 0 Å². The average Bonchev–Trinajstić information content (AvgIpc) is 2.57. The molecule has 2 aromatic carbocycles. The highest BCUT2D eigenvalue weighted by Gasteiger charge is 2.33. The second-order valence-corrected chi connectivity index (χ2v) is 8.01. The highest BCUT2D eigenvalue weighted by molar-refractivity contribution is 7.62. The summed E-state index contributed by atoms with van der Waals surface area (Å²) in [6, 6.07) is 16.9. The van der Waals surface area contributed by atoms with E-state index < -0.39 is 7.60 Å². The number of rotatable bonds is 5. The first kappa shape index (κ1) is 16.3. The molecule has 0 aromatic heterocycles. The first-order valence-corrected chi connectivity index (χ1v) is 9.80. The lowest BCUT2D eigenvalue weighted by atomic mass is 9.98. The van der Waals surface area contributed by atoms with Gasteiger partial charge in [0.1, 0.15) is 5.75 Å². The topological polar surface area (TPSA) is 35.5 Å². The largest absolute Gasteiger partial charge is 0.421 e. The predicted molar refractivity (Wildman–Crippen MR) is 93.4 cm³/mol. The molecule has 0 saturated heterocycles. The number of hydrogen-bond acceptors (Lipinski definition) is 3. The third-order valence-corrected chi connectivity index (χ3v) is 6.12. The molecule has 1 aliphatic rings. The molecule has 0 spiro atoms. The maximum Gasteiger partial charge on any atom is 0.411 e. The van der Waals surface area contributed by atoms with Crippen LogP contribution in [0.15, 0.2) is 54.6 Å². The summed E-state index contributed by atoms with van der Waals surface area (Å²) in [6.45, 7) is 2.01. The summed E-state index contributed by atoms with van der Waals surface area (Å²) in [4.78, 5) is 0. The Morgan fingerprint density at radius 2 is 1.57 bits per heavy atom. The summed E-state index contributed by atoms with van der Waals surface area (Å²) in [5.41, 5.74) is 1.12. The molecule has 0 amide bonds. The Balaban J connectivity index is 1.88. The van der Waals surface area contributed by atoms with Crippen LogP contribution in [-0.2, 0) is 9.09 Å². The molecule has 23 heavy (non-hydrogen) atoms. The SMILES string of the molecule is Cc1ccc(P(=O)(Oc2ccccc2)OC2CCCCC2)cc1. The highest BCUT2D eigenvalue weighted by Crippen LogP contribution is 2.50. The van der Waals surface area contributed by atoms with Crippen molar-refractivity contribution in [3.05, 3.63) is 60.2 Å². The molecule has 0 N–H and O–H groups in total. The number of benzene rings is 2. The molecule has 0 radical (unpaired) electrons. The van der Waals surface area contributed by atoms with Gasteiger partial charge in [-0.25, -0.2) is 4.57 Å². The Hall–Kier alpha value is -1.57. The van der Waals surface area contributed by atoms with Gasteiger partial charge in [0.25, 0.3) is 0 Å². The van der Waals surface area contributed by atoms with Gasteiger partial charge in [0, 0.05) is 0 Å². The van der Waals surface area contributed by atoms with Gasteiger partial charge < -0.3 is 4.52 Å². The average molecular weight is 330 g/mol. The van der Waals surface area contributed by atoms with Crippen LogP contribution in [0.25, 0.3) is 0 Å².